The van der Waals surface area contributed by atoms with Crippen LogP contribution in [0.25, 0.3) is 0 Å². The minimum Gasteiger partial charge on any atom is -0.391 e. The number of hydrogen-bond acceptors (Lipinski definition) is 5. The van der Waals surface area contributed by atoms with Crippen LogP contribution in [-0.4, -0.2) is 44.6 Å². The highest BCUT2D eigenvalue weighted by atomic mass is 32.2. The van der Waals surface area contributed by atoms with Crippen LogP contribution in [0.15, 0.2) is 11.0 Å². The second-order valence-corrected chi connectivity index (χ2v) is 7.42. The van der Waals surface area contributed by atoms with Crippen molar-refractivity contribution in [2.24, 2.45) is 0 Å². The van der Waals surface area contributed by atoms with Gasteiger partial charge in [-0.15, -0.1) is 11.3 Å². The lowest BCUT2D eigenvalue weighted by Gasteiger charge is -2.23. The second kappa shape index (κ2) is 6.12. The van der Waals surface area contributed by atoms with E-state index in [0.29, 0.717) is 16.4 Å². The number of thiophene rings is 1. The first-order valence-electron chi connectivity index (χ1n) is 5.51. The van der Waals surface area contributed by atoms with Crippen LogP contribution in [0.1, 0.15) is 16.7 Å². The third-order valence-electron chi connectivity index (χ3n) is 2.76. The zero-order chi connectivity index (χ0) is 13.9. The molecule has 0 fully saturated rings. The molecule has 1 N–H and O–H groups in total. The molecule has 104 valence electrons. The Kier molecular flexibility index (Phi) is 5.30. The van der Waals surface area contributed by atoms with Gasteiger partial charge in [0.2, 0.25) is 10.0 Å². The minimum absolute atomic E-state index is 0.141. The highest BCUT2D eigenvalue weighted by molar-refractivity contribution is 7.89. The van der Waals surface area contributed by atoms with Crippen LogP contribution in [0.4, 0.5) is 0 Å². The van der Waals surface area contributed by atoms with Crippen LogP contribution < -0.4 is 0 Å². The van der Waals surface area contributed by atoms with E-state index in [4.69, 9.17) is 9.84 Å². The molecular formula is C11H19NO4S2. The Morgan fingerprint density at radius 1 is 1.56 bits per heavy atom. The Bertz CT molecular complexity index is 495. The van der Waals surface area contributed by atoms with Crippen molar-refractivity contribution in [3.8, 4) is 0 Å². The van der Waals surface area contributed by atoms with Gasteiger partial charge in [-0.3, -0.25) is 0 Å². The molecule has 0 aromatic carbocycles. The molecular weight excluding hydrogens is 274 g/mol. The molecule has 1 aromatic rings. The predicted molar refractivity (Wildman–Crippen MR) is 71.3 cm³/mol. The average Bonchev–Trinajstić information content (AvgIpc) is 2.70. The summed E-state index contributed by atoms with van der Waals surface area (Å²) < 4.78 is 31.1. The van der Waals surface area contributed by atoms with Gasteiger partial charge in [0.05, 0.1) is 18.1 Å². The highest BCUT2D eigenvalue weighted by Gasteiger charge is 2.28. The van der Waals surface area contributed by atoms with Gasteiger partial charge < -0.3 is 9.84 Å². The Hall–Kier alpha value is -0.470. The summed E-state index contributed by atoms with van der Waals surface area (Å²) in [6.07, 6.45) is 0. The maximum Gasteiger partial charge on any atom is 0.244 e. The summed E-state index contributed by atoms with van der Waals surface area (Å²) in [6.45, 7) is 3.73. The van der Waals surface area contributed by atoms with E-state index in [1.165, 1.54) is 35.9 Å². The Labute approximate surface area is 112 Å². The average molecular weight is 293 g/mol. The van der Waals surface area contributed by atoms with Gasteiger partial charge in [-0.1, -0.05) is 0 Å². The quantitative estimate of drug-likeness (QED) is 0.856. The van der Waals surface area contributed by atoms with Crippen molar-refractivity contribution in [3.63, 3.8) is 0 Å². The van der Waals surface area contributed by atoms with E-state index in [1.807, 2.05) is 0 Å². The summed E-state index contributed by atoms with van der Waals surface area (Å²) in [5.41, 5.74) is 0. The van der Waals surface area contributed by atoms with E-state index in [2.05, 4.69) is 0 Å². The van der Waals surface area contributed by atoms with E-state index in [0.717, 1.165) is 0 Å². The van der Waals surface area contributed by atoms with Gasteiger partial charge in [0.15, 0.2) is 0 Å². The first kappa shape index (κ1) is 15.6. The van der Waals surface area contributed by atoms with Gasteiger partial charge in [-0.25, -0.2) is 8.42 Å². The first-order chi connectivity index (χ1) is 8.34. The Morgan fingerprint density at radius 3 is 2.61 bits per heavy atom. The Morgan fingerprint density at radius 2 is 2.17 bits per heavy atom. The van der Waals surface area contributed by atoms with Crippen molar-refractivity contribution in [2.45, 2.75) is 31.4 Å². The highest BCUT2D eigenvalue weighted by Crippen LogP contribution is 2.28. The minimum atomic E-state index is -3.53. The van der Waals surface area contributed by atoms with Gasteiger partial charge in [0.1, 0.15) is 0 Å². The van der Waals surface area contributed by atoms with Gasteiger partial charge in [0, 0.05) is 30.0 Å². The molecule has 18 heavy (non-hydrogen) atoms. The number of nitrogens with zero attached hydrogens (tertiary/aromatic N) is 1. The van der Waals surface area contributed by atoms with Gasteiger partial charge >= 0.3 is 0 Å². The van der Waals surface area contributed by atoms with Gasteiger partial charge in [-0.2, -0.15) is 4.31 Å². The van der Waals surface area contributed by atoms with Crippen molar-refractivity contribution in [1.82, 2.24) is 4.31 Å². The van der Waals surface area contributed by atoms with Crippen molar-refractivity contribution in [1.29, 1.82) is 0 Å². The summed E-state index contributed by atoms with van der Waals surface area (Å²) in [4.78, 5) is 1.61. The normalized spacial score (nSPS) is 14.1. The van der Waals surface area contributed by atoms with Crippen LogP contribution in [0.5, 0.6) is 0 Å². The third-order valence-corrected chi connectivity index (χ3v) is 6.03. The largest absolute Gasteiger partial charge is 0.391 e. The fourth-order valence-electron chi connectivity index (χ4n) is 1.60. The Balaban J connectivity index is 3.08. The molecule has 0 saturated heterocycles. The lowest BCUT2D eigenvalue weighted by atomic mass is 10.4. The van der Waals surface area contributed by atoms with Crippen LogP contribution in [-0.2, 0) is 21.4 Å². The first-order valence-corrected chi connectivity index (χ1v) is 7.77. The summed E-state index contributed by atoms with van der Waals surface area (Å²) in [6, 6.07) is 1.29. The fraction of sp³-hybridized carbons (Fsp3) is 0.636. The summed E-state index contributed by atoms with van der Waals surface area (Å²) >= 11 is 1.30. The molecule has 0 bridgehead atoms. The zero-order valence-electron chi connectivity index (χ0n) is 11.0. The van der Waals surface area contributed by atoms with E-state index < -0.39 is 10.0 Å². The van der Waals surface area contributed by atoms with E-state index in [1.54, 1.807) is 13.8 Å². The summed E-state index contributed by atoms with van der Waals surface area (Å²) in [5, 5.41) is 9.06. The molecule has 0 aliphatic rings. The monoisotopic (exact) mass is 293 g/mol. The third kappa shape index (κ3) is 3.10. The van der Waals surface area contributed by atoms with E-state index in [-0.39, 0.29) is 17.5 Å². The molecule has 0 saturated carbocycles. The van der Waals surface area contributed by atoms with Crippen molar-refractivity contribution in [2.75, 3.05) is 20.8 Å². The summed E-state index contributed by atoms with van der Waals surface area (Å²) in [7, 11) is -0.453. The van der Waals surface area contributed by atoms with Gasteiger partial charge in [0.25, 0.3) is 0 Å². The van der Waals surface area contributed by atoms with Gasteiger partial charge in [-0.05, 0) is 19.9 Å². The predicted octanol–water partition coefficient (Wildman–Crippen LogP) is 1.20. The van der Waals surface area contributed by atoms with Crippen LogP contribution in [0, 0.1) is 6.92 Å². The molecule has 0 amide bonds. The van der Waals surface area contributed by atoms with Crippen LogP contribution >= 0.6 is 11.3 Å². The molecule has 1 atom stereocenters. The smallest absolute Gasteiger partial charge is 0.244 e. The van der Waals surface area contributed by atoms with Crippen LogP contribution in [0.3, 0.4) is 0 Å². The molecule has 0 radical (unpaired) electrons. The number of ether oxygens (including phenoxy) is 1. The summed E-state index contributed by atoms with van der Waals surface area (Å²) in [5.74, 6) is 0. The number of aryl methyl sites for hydroxylation is 1. The lowest BCUT2D eigenvalue weighted by Crippen LogP contribution is -2.37. The number of sulfonamides is 1. The molecule has 0 aliphatic heterocycles. The maximum absolute atomic E-state index is 12.4. The van der Waals surface area contributed by atoms with Crippen molar-refractivity contribution in [3.05, 3.63) is 15.8 Å². The SMILES string of the molecule is COCC(C)N(C)S(=O)(=O)c1cc(CO)sc1C. The standard InChI is InChI=1S/C11H19NO4S2/c1-8(7-16-4)12(3)18(14,15)11-5-10(6-13)17-9(11)2/h5,8,13H,6-7H2,1-4H3. The number of aliphatic hydroxyl groups is 1. The molecule has 5 nitrogen and oxygen atoms in total. The van der Waals surface area contributed by atoms with Crippen LogP contribution in [0.2, 0.25) is 0 Å². The lowest BCUT2D eigenvalue weighted by molar-refractivity contribution is 0.149. The number of aliphatic hydroxyl groups excluding tert-OH is 1. The van der Waals surface area contributed by atoms with Crippen molar-refractivity contribution < 1.29 is 18.3 Å². The van der Waals surface area contributed by atoms with Crippen molar-refractivity contribution >= 4 is 21.4 Å². The number of methoxy groups -OCH3 is 1. The molecule has 7 heteroatoms. The second-order valence-electron chi connectivity index (χ2n) is 4.12. The molecule has 1 aromatic heterocycles. The van der Waals surface area contributed by atoms with E-state index >= 15 is 0 Å². The molecule has 1 unspecified atom stereocenters. The molecule has 1 heterocycles. The molecule has 0 spiro atoms. The fourth-order valence-corrected chi connectivity index (χ4v) is 4.41. The number of hydrogen-bond donors (Lipinski definition) is 1. The zero-order valence-corrected chi connectivity index (χ0v) is 12.6. The molecule has 1 rings (SSSR count). The number of likely N-dealkylation sites (N-methyl/N-ethyl adjacent to an activating group) is 1. The molecule has 0 aliphatic carbocycles. The maximum atomic E-state index is 12.4. The topological polar surface area (TPSA) is 66.8 Å². The number of rotatable bonds is 6. The van der Waals surface area contributed by atoms with E-state index in [9.17, 15) is 8.42 Å².